The van der Waals surface area contributed by atoms with Gasteiger partial charge in [-0.2, -0.15) is 0 Å². The van der Waals surface area contributed by atoms with Crippen LogP contribution in [0.1, 0.15) is 41.0 Å². The molecule has 0 unspecified atom stereocenters. The van der Waals surface area contributed by atoms with Crippen LogP contribution in [0.5, 0.6) is 11.5 Å². The van der Waals surface area contributed by atoms with Crippen molar-refractivity contribution in [1.29, 1.82) is 0 Å². The largest absolute Gasteiger partial charge is 0.497 e. The molecular weight excluding hydrogens is 438 g/mol. The van der Waals surface area contributed by atoms with Gasteiger partial charge in [-0.1, -0.05) is 36.2 Å². The highest BCUT2D eigenvalue weighted by Crippen LogP contribution is 2.20. The van der Waals surface area contributed by atoms with Crippen LogP contribution < -0.4 is 14.8 Å². The molecular formula is C29H33N3O3. The third kappa shape index (κ3) is 6.63. The maximum Gasteiger partial charge on any atom is 0.251 e. The molecule has 6 nitrogen and oxygen atoms in total. The average Bonchev–Trinajstić information content (AvgIpc) is 3.23. The van der Waals surface area contributed by atoms with Gasteiger partial charge in [0.2, 0.25) is 0 Å². The van der Waals surface area contributed by atoms with Crippen LogP contribution in [0.25, 0.3) is 11.0 Å². The molecule has 1 heterocycles. The van der Waals surface area contributed by atoms with Crippen LogP contribution in [-0.2, 0) is 13.0 Å². The minimum atomic E-state index is -0.00708. The zero-order valence-electron chi connectivity index (χ0n) is 20.5. The second-order valence-electron chi connectivity index (χ2n) is 8.63. The lowest BCUT2D eigenvalue weighted by Crippen LogP contribution is -2.24. The van der Waals surface area contributed by atoms with Crippen LogP contribution in [0, 0.1) is 6.92 Å². The first-order valence-electron chi connectivity index (χ1n) is 12.2. The van der Waals surface area contributed by atoms with Crippen molar-refractivity contribution in [1.82, 2.24) is 14.9 Å². The van der Waals surface area contributed by atoms with Crippen molar-refractivity contribution in [2.24, 2.45) is 0 Å². The number of fused-ring (bicyclic) bond motifs is 1. The number of hydrogen-bond acceptors (Lipinski definition) is 4. The maximum atomic E-state index is 12.3. The summed E-state index contributed by atoms with van der Waals surface area (Å²) in [4.78, 5) is 17.2. The summed E-state index contributed by atoms with van der Waals surface area (Å²) in [5.41, 5.74) is 3.95. The van der Waals surface area contributed by atoms with E-state index in [1.807, 2.05) is 67.6 Å². The van der Waals surface area contributed by atoms with Gasteiger partial charge in [0.15, 0.2) is 0 Å². The molecule has 6 heteroatoms. The predicted octanol–water partition coefficient (Wildman–Crippen LogP) is 5.58. The molecule has 0 saturated heterocycles. The Balaban J connectivity index is 1.26. The SMILES string of the molecule is COc1ccc(OCCn2c(CCCCCNC(=O)c3cccc(C)c3)nc3ccccc32)cc1. The molecule has 1 N–H and O–H groups in total. The molecule has 4 rings (SSSR count). The van der Waals surface area contributed by atoms with E-state index in [1.165, 1.54) is 0 Å². The maximum absolute atomic E-state index is 12.3. The number of nitrogens with zero attached hydrogens (tertiary/aromatic N) is 2. The van der Waals surface area contributed by atoms with Gasteiger partial charge in [0, 0.05) is 18.5 Å². The summed E-state index contributed by atoms with van der Waals surface area (Å²) in [6, 6.07) is 23.6. The Morgan fingerprint density at radius 1 is 0.943 bits per heavy atom. The van der Waals surface area contributed by atoms with Crippen molar-refractivity contribution in [2.45, 2.75) is 39.2 Å². The van der Waals surface area contributed by atoms with E-state index >= 15 is 0 Å². The standard InChI is InChI=1S/C29H33N3O3/c1-22-9-8-10-23(21-22)29(33)30-18-7-3-4-13-28-31-26-11-5-6-12-27(26)32(28)19-20-35-25-16-14-24(34-2)15-17-25/h5-6,8-12,14-17,21H,3-4,7,13,18-20H2,1-2H3,(H,30,33). The van der Waals surface area contributed by atoms with E-state index in [1.54, 1.807) is 7.11 Å². The second kappa shape index (κ2) is 12.1. The van der Waals surface area contributed by atoms with Gasteiger partial charge in [-0.25, -0.2) is 4.98 Å². The van der Waals surface area contributed by atoms with E-state index in [2.05, 4.69) is 22.0 Å². The number of rotatable bonds is 12. The van der Waals surface area contributed by atoms with Gasteiger partial charge in [0.1, 0.15) is 23.9 Å². The number of carbonyl (C=O) groups is 1. The number of unbranched alkanes of at least 4 members (excludes halogenated alkanes) is 2. The Bertz CT molecular complexity index is 1250. The van der Waals surface area contributed by atoms with Crippen LogP contribution in [0.2, 0.25) is 0 Å². The van der Waals surface area contributed by atoms with Crippen molar-refractivity contribution < 1.29 is 14.3 Å². The Morgan fingerprint density at radius 2 is 1.74 bits per heavy atom. The molecule has 0 fully saturated rings. The topological polar surface area (TPSA) is 65.4 Å². The van der Waals surface area contributed by atoms with Crippen LogP contribution in [0.15, 0.2) is 72.8 Å². The van der Waals surface area contributed by atoms with Crippen molar-refractivity contribution in [2.75, 3.05) is 20.3 Å². The normalized spacial score (nSPS) is 10.9. The van der Waals surface area contributed by atoms with E-state index in [0.717, 1.165) is 71.7 Å². The number of benzene rings is 3. The number of ether oxygens (including phenoxy) is 2. The van der Waals surface area contributed by atoms with E-state index in [0.29, 0.717) is 13.2 Å². The molecule has 35 heavy (non-hydrogen) atoms. The van der Waals surface area contributed by atoms with Crippen molar-refractivity contribution >= 4 is 16.9 Å². The van der Waals surface area contributed by atoms with Crippen LogP contribution in [0.4, 0.5) is 0 Å². The van der Waals surface area contributed by atoms with E-state index in [9.17, 15) is 4.79 Å². The van der Waals surface area contributed by atoms with Crippen LogP contribution >= 0.6 is 0 Å². The van der Waals surface area contributed by atoms with E-state index in [4.69, 9.17) is 14.5 Å². The molecule has 0 bridgehead atoms. The molecule has 3 aromatic carbocycles. The number of nitrogens with one attached hydrogen (secondary N) is 1. The molecule has 0 atom stereocenters. The number of para-hydroxylation sites is 2. The fraction of sp³-hybridized carbons (Fsp3) is 0.310. The van der Waals surface area contributed by atoms with Gasteiger partial charge in [0.25, 0.3) is 5.91 Å². The zero-order chi connectivity index (χ0) is 24.5. The molecule has 0 aliphatic carbocycles. The highest BCUT2D eigenvalue weighted by Gasteiger charge is 2.11. The zero-order valence-corrected chi connectivity index (χ0v) is 20.5. The molecule has 0 aliphatic rings. The molecule has 1 amide bonds. The molecule has 1 aromatic heterocycles. The Hall–Kier alpha value is -3.80. The quantitative estimate of drug-likeness (QED) is 0.274. The van der Waals surface area contributed by atoms with E-state index in [-0.39, 0.29) is 5.91 Å². The van der Waals surface area contributed by atoms with Crippen molar-refractivity contribution in [3.05, 3.63) is 89.7 Å². The molecule has 0 aliphatic heterocycles. The number of imidazole rings is 1. The second-order valence-corrected chi connectivity index (χ2v) is 8.63. The number of hydrogen-bond donors (Lipinski definition) is 1. The third-order valence-electron chi connectivity index (χ3n) is 6.02. The summed E-state index contributed by atoms with van der Waals surface area (Å²) < 4.78 is 13.4. The smallest absolute Gasteiger partial charge is 0.251 e. The first-order chi connectivity index (χ1) is 17.1. The van der Waals surface area contributed by atoms with Gasteiger partial charge in [-0.3, -0.25) is 4.79 Å². The van der Waals surface area contributed by atoms with Crippen molar-refractivity contribution in [3.63, 3.8) is 0 Å². The average molecular weight is 472 g/mol. The summed E-state index contributed by atoms with van der Waals surface area (Å²) in [5.74, 6) is 2.71. The lowest BCUT2D eigenvalue weighted by atomic mass is 10.1. The number of aromatic nitrogens is 2. The lowest BCUT2D eigenvalue weighted by molar-refractivity contribution is 0.0953. The summed E-state index contributed by atoms with van der Waals surface area (Å²) in [6.45, 7) is 3.97. The highest BCUT2D eigenvalue weighted by atomic mass is 16.5. The predicted molar refractivity (Wildman–Crippen MR) is 139 cm³/mol. The molecule has 0 saturated carbocycles. The first kappa shape index (κ1) is 24.3. The summed E-state index contributed by atoms with van der Waals surface area (Å²) in [5, 5.41) is 3.02. The molecule has 182 valence electrons. The Kier molecular flexibility index (Phi) is 8.39. The van der Waals surface area contributed by atoms with Gasteiger partial charge in [-0.15, -0.1) is 0 Å². The summed E-state index contributed by atoms with van der Waals surface area (Å²) in [7, 11) is 1.66. The number of aryl methyl sites for hydroxylation is 2. The fourth-order valence-electron chi connectivity index (χ4n) is 4.17. The number of methoxy groups -OCH3 is 1. The minimum absolute atomic E-state index is 0.00708. The Labute approximate surface area is 206 Å². The van der Waals surface area contributed by atoms with Crippen molar-refractivity contribution in [3.8, 4) is 11.5 Å². The van der Waals surface area contributed by atoms with Crippen LogP contribution in [0.3, 0.4) is 0 Å². The number of carbonyl (C=O) groups excluding carboxylic acids is 1. The summed E-state index contributed by atoms with van der Waals surface area (Å²) in [6.07, 6.45) is 3.88. The molecule has 0 radical (unpaired) electrons. The monoisotopic (exact) mass is 471 g/mol. The van der Waals surface area contributed by atoms with Crippen LogP contribution in [-0.4, -0.2) is 35.7 Å². The lowest BCUT2D eigenvalue weighted by Gasteiger charge is -2.11. The fourth-order valence-corrected chi connectivity index (χ4v) is 4.17. The summed E-state index contributed by atoms with van der Waals surface area (Å²) >= 11 is 0. The molecule has 4 aromatic rings. The van der Waals surface area contributed by atoms with E-state index < -0.39 is 0 Å². The molecule has 0 spiro atoms. The third-order valence-corrected chi connectivity index (χ3v) is 6.02. The van der Waals surface area contributed by atoms with Gasteiger partial charge >= 0.3 is 0 Å². The van der Waals surface area contributed by atoms with Gasteiger partial charge < -0.3 is 19.4 Å². The minimum Gasteiger partial charge on any atom is -0.497 e. The Morgan fingerprint density at radius 3 is 2.54 bits per heavy atom. The van der Waals surface area contributed by atoms with Gasteiger partial charge in [-0.05, 0) is 68.3 Å². The number of amides is 1. The highest BCUT2D eigenvalue weighted by molar-refractivity contribution is 5.94. The first-order valence-corrected chi connectivity index (χ1v) is 12.2. The van der Waals surface area contributed by atoms with Gasteiger partial charge in [0.05, 0.1) is 24.7 Å².